The van der Waals surface area contributed by atoms with Gasteiger partial charge in [-0.2, -0.15) is 13.2 Å². The number of alkyl halides is 3. The predicted molar refractivity (Wildman–Crippen MR) is 104 cm³/mol. The molecule has 30 heavy (non-hydrogen) atoms. The Labute approximate surface area is 175 Å². The van der Waals surface area contributed by atoms with E-state index in [9.17, 15) is 22.8 Å². The molecule has 0 atom stereocenters. The van der Waals surface area contributed by atoms with Crippen LogP contribution in [-0.4, -0.2) is 65.0 Å². The third-order valence-corrected chi connectivity index (χ3v) is 5.11. The van der Waals surface area contributed by atoms with Crippen molar-refractivity contribution in [3.63, 3.8) is 0 Å². The van der Waals surface area contributed by atoms with Gasteiger partial charge in [-0.1, -0.05) is 0 Å². The molecular formula is C19H19F3N4O3S. The lowest BCUT2D eigenvalue weighted by Crippen LogP contribution is -2.49. The number of carbonyl (C=O) groups excluding carboxylic acids is 2. The molecule has 1 saturated heterocycles. The molecule has 1 amide bonds. The summed E-state index contributed by atoms with van der Waals surface area (Å²) in [6.07, 6.45) is 2.66. The van der Waals surface area contributed by atoms with E-state index < -0.39 is 29.1 Å². The molecule has 2 aromatic heterocycles. The molecule has 0 unspecified atom stereocenters. The second kappa shape index (κ2) is 9.33. The number of amides is 1. The summed E-state index contributed by atoms with van der Waals surface area (Å²) in [5, 5.41) is -0.353. The van der Waals surface area contributed by atoms with Crippen molar-refractivity contribution >= 4 is 29.5 Å². The standard InChI is InChI=1S/C19H19F3N4O3S/c1-2-29-18(28)13-5-6-15(24-12-13)25-8-10-26(11-9-25)17(27)14-4-3-7-23-16(14)30-19(20,21)22/h3-7,12H,2,8-11H2,1H3. The van der Waals surface area contributed by atoms with Gasteiger partial charge in [0.2, 0.25) is 0 Å². The number of piperazine rings is 1. The van der Waals surface area contributed by atoms with Gasteiger partial charge in [0.1, 0.15) is 10.8 Å². The molecule has 0 saturated carbocycles. The summed E-state index contributed by atoms with van der Waals surface area (Å²) in [5.41, 5.74) is -4.24. The molecule has 0 bridgehead atoms. The number of aromatic nitrogens is 2. The summed E-state index contributed by atoms with van der Waals surface area (Å²) in [7, 11) is 0. The quantitative estimate of drug-likeness (QED) is 0.522. The Balaban J connectivity index is 1.63. The van der Waals surface area contributed by atoms with Crippen LogP contribution in [0.15, 0.2) is 41.7 Å². The summed E-state index contributed by atoms with van der Waals surface area (Å²) >= 11 is -0.393. The number of anilines is 1. The summed E-state index contributed by atoms with van der Waals surface area (Å²) in [6.45, 7) is 3.56. The normalized spacial score (nSPS) is 14.5. The average Bonchev–Trinajstić information content (AvgIpc) is 2.73. The number of esters is 1. The Kier molecular flexibility index (Phi) is 6.80. The van der Waals surface area contributed by atoms with Gasteiger partial charge in [-0.25, -0.2) is 14.8 Å². The first-order valence-electron chi connectivity index (χ1n) is 9.16. The fraction of sp³-hybridized carbons (Fsp3) is 0.368. The molecule has 0 aliphatic carbocycles. The molecule has 1 aliphatic rings. The monoisotopic (exact) mass is 440 g/mol. The zero-order valence-electron chi connectivity index (χ0n) is 16.1. The van der Waals surface area contributed by atoms with Crippen molar-refractivity contribution in [2.24, 2.45) is 0 Å². The van der Waals surface area contributed by atoms with Crippen molar-refractivity contribution in [1.82, 2.24) is 14.9 Å². The lowest BCUT2D eigenvalue weighted by Gasteiger charge is -2.35. The Hall–Kier alpha value is -2.82. The number of carbonyl (C=O) groups is 2. The molecule has 160 valence electrons. The van der Waals surface area contributed by atoms with Gasteiger partial charge in [-0.15, -0.1) is 0 Å². The largest absolute Gasteiger partial charge is 0.462 e. The minimum Gasteiger partial charge on any atom is -0.462 e. The van der Waals surface area contributed by atoms with E-state index in [1.807, 2.05) is 4.90 Å². The van der Waals surface area contributed by atoms with Gasteiger partial charge in [0.25, 0.3) is 5.91 Å². The van der Waals surface area contributed by atoms with Gasteiger partial charge in [-0.3, -0.25) is 4.79 Å². The Morgan fingerprint density at radius 3 is 2.47 bits per heavy atom. The number of pyridine rings is 2. The number of rotatable bonds is 5. The lowest BCUT2D eigenvalue weighted by atomic mass is 10.2. The molecule has 3 rings (SSSR count). The SMILES string of the molecule is CCOC(=O)c1ccc(N2CCN(C(=O)c3cccnc3SC(F)(F)F)CC2)nc1. The smallest absolute Gasteiger partial charge is 0.447 e. The molecule has 7 nitrogen and oxygen atoms in total. The van der Waals surface area contributed by atoms with E-state index in [-0.39, 0.29) is 17.2 Å². The average molecular weight is 440 g/mol. The highest BCUT2D eigenvalue weighted by Crippen LogP contribution is 2.37. The first-order chi connectivity index (χ1) is 14.3. The van der Waals surface area contributed by atoms with E-state index in [2.05, 4.69) is 9.97 Å². The second-order valence-corrected chi connectivity index (χ2v) is 7.36. The fourth-order valence-corrected chi connectivity index (χ4v) is 3.56. The van der Waals surface area contributed by atoms with Crippen LogP contribution >= 0.6 is 11.8 Å². The van der Waals surface area contributed by atoms with Gasteiger partial charge in [0, 0.05) is 50.3 Å². The van der Waals surface area contributed by atoms with E-state index in [0.29, 0.717) is 37.6 Å². The van der Waals surface area contributed by atoms with Crippen LogP contribution in [0.2, 0.25) is 0 Å². The van der Waals surface area contributed by atoms with Crippen molar-refractivity contribution in [3.05, 3.63) is 47.8 Å². The second-order valence-electron chi connectivity index (χ2n) is 6.31. The van der Waals surface area contributed by atoms with Gasteiger partial charge in [0.15, 0.2) is 0 Å². The van der Waals surface area contributed by atoms with E-state index in [1.54, 1.807) is 19.1 Å². The molecule has 0 spiro atoms. The lowest BCUT2D eigenvalue weighted by molar-refractivity contribution is -0.0329. The zero-order chi connectivity index (χ0) is 21.7. The predicted octanol–water partition coefficient (Wildman–Crippen LogP) is 3.23. The maximum atomic E-state index is 12.8. The Morgan fingerprint density at radius 1 is 1.13 bits per heavy atom. The van der Waals surface area contributed by atoms with Crippen LogP contribution < -0.4 is 4.90 Å². The maximum Gasteiger partial charge on any atom is 0.447 e. The highest BCUT2D eigenvalue weighted by molar-refractivity contribution is 8.00. The van der Waals surface area contributed by atoms with Crippen LogP contribution in [0, 0.1) is 0 Å². The van der Waals surface area contributed by atoms with Crippen molar-refractivity contribution < 1.29 is 27.5 Å². The fourth-order valence-electron chi connectivity index (χ4n) is 2.96. The van der Waals surface area contributed by atoms with Crippen LogP contribution in [0.3, 0.4) is 0 Å². The summed E-state index contributed by atoms with van der Waals surface area (Å²) in [4.78, 5) is 35.9. The number of thioether (sulfide) groups is 1. The van der Waals surface area contributed by atoms with E-state index in [4.69, 9.17) is 4.74 Å². The van der Waals surface area contributed by atoms with Crippen LogP contribution in [0.5, 0.6) is 0 Å². The Morgan fingerprint density at radius 2 is 1.87 bits per heavy atom. The molecule has 0 N–H and O–H groups in total. The number of hydrogen-bond donors (Lipinski definition) is 0. The molecule has 11 heteroatoms. The third kappa shape index (κ3) is 5.41. The van der Waals surface area contributed by atoms with Crippen LogP contribution in [0.1, 0.15) is 27.6 Å². The molecule has 1 aliphatic heterocycles. The van der Waals surface area contributed by atoms with Crippen LogP contribution in [-0.2, 0) is 4.74 Å². The van der Waals surface area contributed by atoms with Crippen molar-refractivity contribution in [3.8, 4) is 0 Å². The molecular weight excluding hydrogens is 421 g/mol. The summed E-state index contributed by atoms with van der Waals surface area (Å²) in [5.74, 6) is -0.291. The summed E-state index contributed by atoms with van der Waals surface area (Å²) < 4.78 is 43.1. The first kappa shape index (κ1) is 21.9. The minimum absolute atomic E-state index is 0.0646. The number of nitrogens with zero attached hydrogens (tertiary/aromatic N) is 4. The maximum absolute atomic E-state index is 12.8. The van der Waals surface area contributed by atoms with E-state index in [1.165, 1.54) is 29.4 Å². The Bertz CT molecular complexity index is 901. The first-order valence-corrected chi connectivity index (χ1v) is 9.98. The topological polar surface area (TPSA) is 75.6 Å². The molecule has 1 fully saturated rings. The number of ether oxygens (including phenoxy) is 1. The van der Waals surface area contributed by atoms with Crippen molar-refractivity contribution in [1.29, 1.82) is 0 Å². The van der Waals surface area contributed by atoms with Gasteiger partial charge < -0.3 is 14.5 Å². The van der Waals surface area contributed by atoms with Crippen LogP contribution in [0.25, 0.3) is 0 Å². The van der Waals surface area contributed by atoms with E-state index in [0.717, 1.165) is 0 Å². The molecule has 2 aromatic rings. The highest BCUT2D eigenvalue weighted by atomic mass is 32.2. The molecule has 3 heterocycles. The van der Waals surface area contributed by atoms with Gasteiger partial charge in [0.05, 0.1) is 17.7 Å². The zero-order valence-corrected chi connectivity index (χ0v) is 16.9. The van der Waals surface area contributed by atoms with Crippen molar-refractivity contribution in [2.75, 3.05) is 37.7 Å². The van der Waals surface area contributed by atoms with Gasteiger partial charge in [-0.05, 0) is 31.2 Å². The summed E-state index contributed by atoms with van der Waals surface area (Å²) in [6, 6.07) is 6.11. The number of halogens is 3. The highest BCUT2D eigenvalue weighted by Gasteiger charge is 2.33. The molecule has 0 radical (unpaired) electrons. The molecule has 0 aromatic carbocycles. The number of hydrogen-bond acceptors (Lipinski definition) is 7. The third-order valence-electron chi connectivity index (χ3n) is 4.36. The van der Waals surface area contributed by atoms with E-state index >= 15 is 0 Å². The minimum atomic E-state index is -4.52. The van der Waals surface area contributed by atoms with Gasteiger partial charge >= 0.3 is 11.5 Å². The van der Waals surface area contributed by atoms with Crippen LogP contribution in [0.4, 0.5) is 19.0 Å². The van der Waals surface area contributed by atoms with Crippen molar-refractivity contribution in [2.45, 2.75) is 17.5 Å².